The van der Waals surface area contributed by atoms with E-state index >= 15 is 0 Å². The third kappa shape index (κ3) is 2.92. The average Bonchev–Trinajstić information content (AvgIpc) is 3.15. The summed E-state index contributed by atoms with van der Waals surface area (Å²) in [6, 6.07) is 0.341. The van der Waals surface area contributed by atoms with E-state index in [4.69, 9.17) is 0 Å². The Morgan fingerprint density at radius 1 is 1.44 bits per heavy atom. The van der Waals surface area contributed by atoms with Gasteiger partial charge in [-0.15, -0.1) is 0 Å². The van der Waals surface area contributed by atoms with E-state index in [1.165, 1.54) is 30.2 Å². The summed E-state index contributed by atoms with van der Waals surface area (Å²) in [6.07, 6.45) is 6.17. The van der Waals surface area contributed by atoms with Crippen LogP contribution in [0.1, 0.15) is 32.6 Å². The molecule has 100 valence electrons. The Balaban J connectivity index is 1.80. The van der Waals surface area contributed by atoms with Gasteiger partial charge in [0, 0.05) is 12.6 Å². The van der Waals surface area contributed by atoms with Gasteiger partial charge in [-0.3, -0.25) is 9.59 Å². The fourth-order valence-electron chi connectivity index (χ4n) is 2.99. The Bertz CT molecular complexity index is 354. The van der Waals surface area contributed by atoms with Gasteiger partial charge in [0.15, 0.2) is 0 Å². The molecule has 2 amide bonds. The second-order valence-corrected chi connectivity index (χ2v) is 5.32. The fraction of sp³-hybridized carbons (Fsp3) is 0.714. The van der Waals surface area contributed by atoms with Gasteiger partial charge in [-0.1, -0.05) is 19.4 Å². The lowest BCUT2D eigenvalue weighted by Crippen LogP contribution is -2.45. The first-order chi connectivity index (χ1) is 8.65. The first-order valence-corrected chi connectivity index (χ1v) is 6.86. The minimum Gasteiger partial charge on any atom is -0.352 e. The Kier molecular flexibility index (Phi) is 4.04. The molecule has 4 heteroatoms. The van der Waals surface area contributed by atoms with Crippen molar-refractivity contribution in [3.8, 4) is 0 Å². The molecule has 1 N–H and O–H groups in total. The van der Waals surface area contributed by atoms with E-state index in [9.17, 15) is 9.59 Å². The monoisotopic (exact) mass is 250 g/mol. The lowest BCUT2D eigenvalue weighted by Gasteiger charge is -2.25. The zero-order valence-electron chi connectivity index (χ0n) is 11.0. The lowest BCUT2D eigenvalue weighted by atomic mass is 9.95. The van der Waals surface area contributed by atoms with E-state index in [0.717, 1.165) is 12.3 Å². The highest BCUT2D eigenvalue weighted by atomic mass is 16.2. The van der Waals surface area contributed by atoms with Gasteiger partial charge >= 0.3 is 0 Å². The van der Waals surface area contributed by atoms with Crippen LogP contribution in [0.4, 0.5) is 0 Å². The van der Waals surface area contributed by atoms with Crippen molar-refractivity contribution in [3.63, 3.8) is 0 Å². The highest BCUT2D eigenvalue weighted by molar-refractivity contribution is 5.90. The number of hydrogen-bond donors (Lipinski definition) is 1. The molecule has 18 heavy (non-hydrogen) atoms. The molecule has 0 aromatic rings. The number of carbonyl (C=O) groups is 2. The highest BCUT2D eigenvalue weighted by Gasteiger charge is 2.45. The Labute approximate surface area is 108 Å². The molecule has 0 spiro atoms. The highest BCUT2D eigenvalue weighted by Crippen LogP contribution is 2.49. The van der Waals surface area contributed by atoms with Crippen molar-refractivity contribution in [2.24, 2.45) is 11.8 Å². The van der Waals surface area contributed by atoms with Crippen molar-refractivity contribution in [3.05, 3.63) is 12.7 Å². The molecule has 0 aromatic heterocycles. The van der Waals surface area contributed by atoms with Crippen LogP contribution in [0.3, 0.4) is 0 Å². The van der Waals surface area contributed by atoms with Crippen LogP contribution in [0.15, 0.2) is 12.7 Å². The molecule has 0 bridgehead atoms. The Morgan fingerprint density at radius 2 is 2.22 bits per heavy atom. The molecular weight excluding hydrogens is 228 g/mol. The van der Waals surface area contributed by atoms with E-state index in [2.05, 4.69) is 11.9 Å². The molecule has 2 aliphatic rings. The van der Waals surface area contributed by atoms with Crippen LogP contribution in [-0.2, 0) is 9.59 Å². The number of rotatable bonds is 5. The molecule has 2 saturated carbocycles. The van der Waals surface area contributed by atoms with Crippen LogP contribution in [0.5, 0.6) is 0 Å². The summed E-state index contributed by atoms with van der Waals surface area (Å²) >= 11 is 0. The minimum absolute atomic E-state index is 0.0374. The molecule has 2 aliphatic carbocycles. The summed E-state index contributed by atoms with van der Waals surface area (Å²) in [5, 5.41) is 3.09. The number of carbonyl (C=O) groups excluding carboxylic acids is 2. The molecule has 0 aliphatic heterocycles. The van der Waals surface area contributed by atoms with Gasteiger partial charge in [-0.05, 0) is 37.7 Å². The average molecular weight is 250 g/mol. The van der Waals surface area contributed by atoms with Gasteiger partial charge in [-0.2, -0.15) is 0 Å². The maximum atomic E-state index is 11.9. The lowest BCUT2D eigenvalue weighted by molar-refractivity contribution is -0.132. The number of amides is 2. The Morgan fingerprint density at radius 3 is 2.89 bits per heavy atom. The van der Waals surface area contributed by atoms with Crippen LogP contribution >= 0.6 is 0 Å². The van der Waals surface area contributed by atoms with E-state index in [1.807, 2.05) is 6.92 Å². The summed E-state index contributed by atoms with van der Waals surface area (Å²) in [7, 11) is 0. The predicted molar refractivity (Wildman–Crippen MR) is 69.8 cm³/mol. The van der Waals surface area contributed by atoms with Crippen molar-refractivity contribution in [1.29, 1.82) is 0 Å². The van der Waals surface area contributed by atoms with Gasteiger partial charge < -0.3 is 10.2 Å². The maximum absolute atomic E-state index is 11.9. The first-order valence-electron chi connectivity index (χ1n) is 6.86. The summed E-state index contributed by atoms with van der Waals surface area (Å²) in [5.41, 5.74) is 0. The Hall–Kier alpha value is -1.32. The van der Waals surface area contributed by atoms with Gasteiger partial charge in [0.25, 0.3) is 0 Å². The topological polar surface area (TPSA) is 49.4 Å². The van der Waals surface area contributed by atoms with E-state index in [1.54, 1.807) is 0 Å². The predicted octanol–water partition coefficient (Wildman–Crippen LogP) is 1.33. The molecule has 1 unspecified atom stereocenters. The second kappa shape index (κ2) is 5.55. The number of hydrogen-bond acceptors (Lipinski definition) is 2. The number of likely N-dealkylation sites (N-methyl/N-ethyl adjacent to an activating group) is 1. The molecule has 4 nitrogen and oxygen atoms in total. The number of nitrogens with zero attached hydrogens (tertiary/aromatic N) is 1. The molecule has 2 rings (SSSR count). The SMILES string of the molecule is C=CC(=O)N(CC)CC(=O)NC1CCC[C@@H]2C[C@H]12. The van der Waals surface area contributed by atoms with Crippen molar-refractivity contribution in [2.45, 2.75) is 38.6 Å². The van der Waals surface area contributed by atoms with Gasteiger partial charge in [0.05, 0.1) is 6.54 Å². The largest absolute Gasteiger partial charge is 0.352 e. The zero-order valence-corrected chi connectivity index (χ0v) is 11.0. The quantitative estimate of drug-likeness (QED) is 0.748. The molecule has 0 saturated heterocycles. The number of nitrogens with one attached hydrogen (secondary N) is 1. The molecule has 0 heterocycles. The van der Waals surface area contributed by atoms with Crippen LogP contribution in [0, 0.1) is 11.8 Å². The third-order valence-electron chi connectivity index (χ3n) is 4.13. The zero-order chi connectivity index (χ0) is 13.1. The van der Waals surface area contributed by atoms with Crippen LogP contribution in [-0.4, -0.2) is 35.8 Å². The fourth-order valence-corrected chi connectivity index (χ4v) is 2.99. The summed E-state index contributed by atoms with van der Waals surface area (Å²) in [6.45, 7) is 6.00. The van der Waals surface area contributed by atoms with E-state index in [0.29, 0.717) is 18.5 Å². The molecule has 2 fully saturated rings. The molecule has 0 radical (unpaired) electrons. The van der Waals surface area contributed by atoms with Gasteiger partial charge in [0.1, 0.15) is 0 Å². The standard InChI is InChI=1S/C14H22N2O2/c1-3-14(18)16(4-2)9-13(17)15-12-7-5-6-10-8-11(10)12/h3,10-12H,1,4-9H2,2H3,(H,15,17)/t10-,11+,12?/m1/s1. The van der Waals surface area contributed by atoms with Crippen molar-refractivity contribution in [1.82, 2.24) is 10.2 Å². The smallest absolute Gasteiger partial charge is 0.246 e. The second-order valence-electron chi connectivity index (χ2n) is 5.32. The maximum Gasteiger partial charge on any atom is 0.246 e. The summed E-state index contributed by atoms with van der Waals surface area (Å²) in [5.74, 6) is 1.33. The normalized spacial score (nSPS) is 29.1. The van der Waals surface area contributed by atoms with Crippen LogP contribution in [0.25, 0.3) is 0 Å². The first kappa shape index (κ1) is 13.1. The molecule has 3 atom stereocenters. The van der Waals surface area contributed by atoms with Crippen molar-refractivity contribution < 1.29 is 9.59 Å². The van der Waals surface area contributed by atoms with Gasteiger partial charge in [0.2, 0.25) is 11.8 Å². The van der Waals surface area contributed by atoms with Crippen molar-refractivity contribution in [2.75, 3.05) is 13.1 Å². The van der Waals surface area contributed by atoms with E-state index < -0.39 is 0 Å². The van der Waals surface area contributed by atoms with Crippen LogP contribution < -0.4 is 5.32 Å². The third-order valence-corrected chi connectivity index (χ3v) is 4.13. The van der Waals surface area contributed by atoms with Crippen LogP contribution in [0.2, 0.25) is 0 Å². The van der Waals surface area contributed by atoms with E-state index in [-0.39, 0.29) is 18.4 Å². The summed E-state index contributed by atoms with van der Waals surface area (Å²) in [4.78, 5) is 24.9. The van der Waals surface area contributed by atoms with Gasteiger partial charge in [-0.25, -0.2) is 0 Å². The minimum atomic E-state index is -0.180. The van der Waals surface area contributed by atoms with Crippen molar-refractivity contribution >= 4 is 11.8 Å². The summed E-state index contributed by atoms with van der Waals surface area (Å²) < 4.78 is 0. The molecule has 0 aromatic carbocycles. The molecular formula is C14H22N2O2. The number of fused-ring (bicyclic) bond motifs is 1.